The predicted octanol–water partition coefficient (Wildman–Crippen LogP) is 4.71. The summed E-state index contributed by atoms with van der Waals surface area (Å²) in [7, 11) is 0. The lowest BCUT2D eigenvalue weighted by molar-refractivity contribution is -0.147. The molecule has 2 aliphatic rings. The first-order valence-electron chi connectivity index (χ1n) is 13.2. The third-order valence-electron chi connectivity index (χ3n) is 7.88. The molecule has 2 aromatic rings. The normalized spacial score (nSPS) is 21.2. The van der Waals surface area contributed by atoms with E-state index in [1.165, 1.54) is 5.56 Å². The zero-order valence-electron chi connectivity index (χ0n) is 20.8. The number of carbonyl (C=O) groups is 3. The second kappa shape index (κ2) is 12.2. The van der Waals surface area contributed by atoms with Crippen LogP contribution in [0.15, 0.2) is 60.7 Å². The van der Waals surface area contributed by atoms with Gasteiger partial charge in [-0.3, -0.25) is 19.6 Å². The Bertz CT molecular complexity index is 1020. The molecule has 0 unspecified atom stereocenters. The average Bonchev–Trinajstić information content (AvgIpc) is 3.21. The highest BCUT2D eigenvalue weighted by molar-refractivity contribution is 5.99. The first-order valence-corrected chi connectivity index (χ1v) is 13.2. The van der Waals surface area contributed by atoms with E-state index >= 15 is 0 Å². The number of benzene rings is 2. The summed E-state index contributed by atoms with van der Waals surface area (Å²) in [6.45, 7) is 0.437. The summed E-state index contributed by atoms with van der Waals surface area (Å²) < 4.78 is 0. The van der Waals surface area contributed by atoms with Gasteiger partial charge < -0.3 is 10.2 Å². The number of nitrogens with one attached hydrogen (secondary N) is 2. The molecule has 36 heavy (non-hydrogen) atoms. The van der Waals surface area contributed by atoms with Gasteiger partial charge in [-0.1, -0.05) is 67.8 Å². The second-order valence-electron chi connectivity index (χ2n) is 10.3. The molecule has 0 radical (unpaired) electrons. The van der Waals surface area contributed by atoms with Gasteiger partial charge in [0.15, 0.2) is 0 Å². The molecule has 1 saturated carbocycles. The molecule has 7 nitrogen and oxygen atoms in total. The summed E-state index contributed by atoms with van der Waals surface area (Å²) in [5.41, 5.74) is 2.70. The van der Waals surface area contributed by atoms with E-state index in [2.05, 4.69) is 17.4 Å². The van der Waals surface area contributed by atoms with Crippen LogP contribution in [0.25, 0.3) is 0 Å². The minimum atomic E-state index is -0.915. The zero-order chi connectivity index (χ0) is 25.4. The quantitative estimate of drug-likeness (QED) is 0.331. The minimum Gasteiger partial charge on any atom is -0.330 e. The van der Waals surface area contributed by atoms with Gasteiger partial charge in [0.2, 0.25) is 17.7 Å². The lowest BCUT2D eigenvalue weighted by Crippen LogP contribution is -2.52. The molecular weight excluding hydrogens is 454 g/mol. The molecule has 0 bridgehead atoms. The van der Waals surface area contributed by atoms with Crippen molar-refractivity contribution in [1.82, 2.24) is 10.4 Å². The highest BCUT2D eigenvalue weighted by Crippen LogP contribution is 2.43. The van der Waals surface area contributed by atoms with Crippen LogP contribution in [0.4, 0.5) is 5.69 Å². The number of rotatable bonds is 10. The number of anilines is 1. The third kappa shape index (κ3) is 6.13. The number of para-hydroxylation sites is 1. The van der Waals surface area contributed by atoms with Crippen LogP contribution in [0, 0.1) is 11.3 Å². The fourth-order valence-corrected chi connectivity index (χ4v) is 6.02. The molecule has 1 saturated heterocycles. The van der Waals surface area contributed by atoms with Crippen LogP contribution in [0.1, 0.15) is 63.4 Å². The number of hydrogen-bond acceptors (Lipinski definition) is 4. The third-order valence-corrected chi connectivity index (χ3v) is 7.88. The number of aryl methyl sites for hydroxylation is 1. The van der Waals surface area contributed by atoms with Gasteiger partial charge in [-0.15, -0.1) is 0 Å². The summed E-state index contributed by atoms with van der Waals surface area (Å²) in [5.74, 6) is -0.767. The van der Waals surface area contributed by atoms with Crippen LogP contribution < -0.4 is 10.8 Å². The number of hydroxylamine groups is 1. The predicted molar refractivity (Wildman–Crippen MR) is 138 cm³/mol. The Balaban J connectivity index is 1.55. The Kier molecular flexibility index (Phi) is 8.75. The Hall–Kier alpha value is -3.19. The second-order valence-corrected chi connectivity index (χ2v) is 10.3. The highest BCUT2D eigenvalue weighted by atomic mass is 16.5. The van der Waals surface area contributed by atoms with E-state index in [-0.39, 0.29) is 24.2 Å². The lowest BCUT2D eigenvalue weighted by Gasteiger charge is -2.37. The van der Waals surface area contributed by atoms with Crippen molar-refractivity contribution in [3.63, 3.8) is 0 Å². The summed E-state index contributed by atoms with van der Waals surface area (Å²) >= 11 is 0. The Labute approximate surface area is 213 Å². The van der Waals surface area contributed by atoms with Crippen molar-refractivity contribution < 1.29 is 19.6 Å². The number of nitrogens with zero attached hydrogens (tertiary/aromatic N) is 1. The van der Waals surface area contributed by atoms with Gasteiger partial charge >= 0.3 is 0 Å². The Morgan fingerprint density at radius 2 is 1.67 bits per heavy atom. The fourth-order valence-electron chi connectivity index (χ4n) is 6.02. The standard InChI is InChI=1S/C29H37N3O4/c33-25(31-36)21-29(18-10-13-22-11-4-1-5-12-22)19-20-32(28(29)35)26(23-14-6-2-7-15-23)27(34)30-24-16-8-3-9-17-24/h1,3-5,8-9,11-12,16-17,23,26,36H,2,6-7,10,13-15,18-21H2,(H,30,34)(H,31,33)/t26-,29+/m1/s1. The summed E-state index contributed by atoms with van der Waals surface area (Å²) in [4.78, 5) is 41.7. The van der Waals surface area contributed by atoms with Gasteiger partial charge in [-0.25, -0.2) is 5.48 Å². The largest absolute Gasteiger partial charge is 0.330 e. The highest BCUT2D eigenvalue weighted by Gasteiger charge is 2.51. The Morgan fingerprint density at radius 3 is 2.33 bits per heavy atom. The van der Waals surface area contributed by atoms with Crippen molar-refractivity contribution in [2.75, 3.05) is 11.9 Å². The van der Waals surface area contributed by atoms with Crippen molar-refractivity contribution in [1.29, 1.82) is 0 Å². The number of hydrogen-bond donors (Lipinski definition) is 3. The van der Waals surface area contributed by atoms with Crippen molar-refractivity contribution >= 4 is 23.4 Å². The molecule has 2 atom stereocenters. The zero-order valence-corrected chi connectivity index (χ0v) is 20.8. The van der Waals surface area contributed by atoms with Crippen molar-refractivity contribution in [3.8, 4) is 0 Å². The van der Waals surface area contributed by atoms with E-state index in [4.69, 9.17) is 0 Å². The number of amides is 3. The van der Waals surface area contributed by atoms with Crippen LogP contribution in [-0.2, 0) is 20.8 Å². The fraction of sp³-hybridized carbons (Fsp3) is 0.483. The number of carbonyl (C=O) groups excluding carboxylic acids is 3. The molecular formula is C29H37N3O4. The summed E-state index contributed by atoms with van der Waals surface area (Å²) in [5, 5.41) is 12.3. The first kappa shape index (κ1) is 25.9. The molecule has 1 heterocycles. The van der Waals surface area contributed by atoms with Gasteiger partial charge in [0, 0.05) is 18.7 Å². The SMILES string of the molecule is O=C(C[C@]1(CCCc2ccccc2)CCN([C@@H](C(=O)Nc2ccccc2)C2CCCCC2)C1=O)NO. The molecule has 1 aliphatic carbocycles. The molecule has 4 rings (SSSR count). The van der Waals surface area contributed by atoms with E-state index in [1.54, 1.807) is 10.4 Å². The molecule has 3 N–H and O–H groups in total. The van der Waals surface area contributed by atoms with Gasteiger partial charge in [-0.2, -0.15) is 0 Å². The van der Waals surface area contributed by atoms with E-state index in [0.717, 1.165) is 44.9 Å². The maximum absolute atomic E-state index is 14.0. The van der Waals surface area contributed by atoms with E-state index in [0.29, 0.717) is 25.1 Å². The van der Waals surface area contributed by atoms with Crippen LogP contribution in [0.2, 0.25) is 0 Å². The number of likely N-dealkylation sites (tertiary alicyclic amines) is 1. The molecule has 2 fully saturated rings. The molecule has 192 valence electrons. The maximum Gasteiger partial charge on any atom is 0.247 e. The molecule has 0 spiro atoms. The molecule has 0 aromatic heterocycles. The van der Waals surface area contributed by atoms with E-state index in [9.17, 15) is 19.6 Å². The van der Waals surface area contributed by atoms with Gasteiger partial charge in [0.1, 0.15) is 6.04 Å². The van der Waals surface area contributed by atoms with Crippen molar-refractivity contribution in [3.05, 3.63) is 66.2 Å². The molecule has 7 heteroatoms. The van der Waals surface area contributed by atoms with Gasteiger partial charge in [0.05, 0.1) is 5.41 Å². The minimum absolute atomic E-state index is 0.0781. The smallest absolute Gasteiger partial charge is 0.247 e. The summed E-state index contributed by atoms with van der Waals surface area (Å²) in [6, 6.07) is 18.9. The van der Waals surface area contributed by atoms with E-state index in [1.807, 2.05) is 48.5 Å². The van der Waals surface area contributed by atoms with Gasteiger partial charge in [0.25, 0.3) is 0 Å². The Morgan fingerprint density at radius 1 is 1.00 bits per heavy atom. The molecule has 1 aliphatic heterocycles. The van der Waals surface area contributed by atoms with Crippen LogP contribution in [0.5, 0.6) is 0 Å². The lowest BCUT2D eigenvalue weighted by atomic mass is 9.77. The van der Waals surface area contributed by atoms with Crippen LogP contribution in [0.3, 0.4) is 0 Å². The maximum atomic E-state index is 14.0. The van der Waals surface area contributed by atoms with Crippen LogP contribution in [-0.4, -0.2) is 40.4 Å². The summed E-state index contributed by atoms with van der Waals surface area (Å²) in [6.07, 6.45) is 7.57. The molecule has 3 amide bonds. The van der Waals surface area contributed by atoms with Crippen molar-refractivity contribution in [2.45, 2.75) is 70.3 Å². The first-order chi connectivity index (χ1) is 17.5. The van der Waals surface area contributed by atoms with E-state index < -0.39 is 17.4 Å². The average molecular weight is 492 g/mol. The van der Waals surface area contributed by atoms with Crippen LogP contribution >= 0.6 is 0 Å². The van der Waals surface area contributed by atoms with Crippen molar-refractivity contribution in [2.24, 2.45) is 11.3 Å². The topological polar surface area (TPSA) is 98.7 Å². The molecule has 2 aromatic carbocycles. The monoisotopic (exact) mass is 491 g/mol. The van der Waals surface area contributed by atoms with Gasteiger partial charge in [-0.05, 0) is 62.1 Å².